The van der Waals surface area contributed by atoms with Gasteiger partial charge in [0.25, 0.3) is 10.0 Å². The number of ether oxygens (including phenoxy) is 1. The fourth-order valence-corrected chi connectivity index (χ4v) is 3.96. The average Bonchev–Trinajstić information content (AvgIpc) is 3.35. The van der Waals surface area contributed by atoms with E-state index in [1.165, 1.54) is 19.6 Å². The van der Waals surface area contributed by atoms with Gasteiger partial charge in [0.1, 0.15) is 11.4 Å². The predicted octanol–water partition coefficient (Wildman–Crippen LogP) is 3.59. The molecule has 1 N–H and O–H groups in total. The largest absolute Gasteiger partial charge is 0.495 e. The Bertz CT molecular complexity index is 1240. The van der Waals surface area contributed by atoms with Crippen molar-refractivity contribution in [3.8, 4) is 17.0 Å². The molecule has 0 atom stereocenters. The van der Waals surface area contributed by atoms with Gasteiger partial charge in [0.15, 0.2) is 5.03 Å². The number of nitrogens with zero attached hydrogens (tertiary/aromatic N) is 4. The fourth-order valence-electron chi connectivity index (χ4n) is 2.96. The van der Waals surface area contributed by atoms with E-state index in [9.17, 15) is 8.42 Å². The molecule has 4 rings (SSSR count). The summed E-state index contributed by atoms with van der Waals surface area (Å²) >= 11 is 0. The Morgan fingerprint density at radius 1 is 1.14 bits per heavy atom. The van der Waals surface area contributed by atoms with Crippen LogP contribution in [0.5, 0.6) is 5.75 Å². The lowest BCUT2D eigenvalue weighted by Crippen LogP contribution is -2.14. The zero-order valence-electron chi connectivity index (χ0n) is 16.3. The number of anilines is 1. The molecule has 0 aliphatic carbocycles. The van der Waals surface area contributed by atoms with Crippen LogP contribution in [-0.2, 0) is 10.0 Å². The van der Waals surface area contributed by atoms with E-state index in [1.807, 2.05) is 54.9 Å². The monoisotopic (exact) mass is 411 g/mol. The van der Waals surface area contributed by atoms with Gasteiger partial charge >= 0.3 is 0 Å². The van der Waals surface area contributed by atoms with E-state index < -0.39 is 10.0 Å². The highest BCUT2D eigenvalue weighted by Crippen LogP contribution is 2.32. The van der Waals surface area contributed by atoms with Crippen LogP contribution in [-0.4, -0.2) is 34.5 Å². The van der Waals surface area contributed by atoms with Gasteiger partial charge in [0.2, 0.25) is 0 Å². The van der Waals surface area contributed by atoms with Crippen molar-refractivity contribution in [2.75, 3.05) is 11.8 Å². The van der Waals surface area contributed by atoms with Crippen molar-refractivity contribution in [2.45, 2.75) is 24.9 Å². The molecule has 0 saturated heterocycles. The van der Waals surface area contributed by atoms with Crippen molar-refractivity contribution in [3.63, 3.8) is 0 Å². The predicted molar refractivity (Wildman–Crippen MR) is 111 cm³/mol. The van der Waals surface area contributed by atoms with Crippen LogP contribution in [0.15, 0.2) is 66.3 Å². The third kappa shape index (κ3) is 3.68. The molecule has 1 aromatic carbocycles. The summed E-state index contributed by atoms with van der Waals surface area (Å²) in [5, 5.41) is -0.0496. The number of rotatable bonds is 6. The molecular formula is C20H21N5O3S. The summed E-state index contributed by atoms with van der Waals surface area (Å²) < 4.78 is 37.2. The smallest absolute Gasteiger partial charge is 0.281 e. The first-order valence-electron chi connectivity index (χ1n) is 9.06. The van der Waals surface area contributed by atoms with Crippen LogP contribution in [0.2, 0.25) is 0 Å². The topological polar surface area (TPSA) is 90.5 Å². The van der Waals surface area contributed by atoms with Gasteiger partial charge in [-0.2, -0.15) is 8.42 Å². The number of nitrogens with one attached hydrogen (secondary N) is 1. The maximum absolute atomic E-state index is 12.8. The van der Waals surface area contributed by atoms with Gasteiger partial charge in [-0.3, -0.25) is 4.72 Å². The molecule has 150 valence electrons. The third-order valence-corrected chi connectivity index (χ3v) is 5.80. The van der Waals surface area contributed by atoms with Crippen molar-refractivity contribution < 1.29 is 13.2 Å². The number of pyridine rings is 1. The Hall–Kier alpha value is -3.33. The van der Waals surface area contributed by atoms with Crippen molar-refractivity contribution in [1.82, 2.24) is 18.9 Å². The van der Waals surface area contributed by atoms with E-state index in [2.05, 4.69) is 14.7 Å². The number of hydrogen-bond acceptors (Lipinski definition) is 5. The summed E-state index contributed by atoms with van der Waals surface area (Å²) in [6.45, 7) is 3.90. The van der Waals surface area contributed by atoms with Crippen LogP contribution in [0.4, 0.5) is 5.69 Å². The van der Waals surface area contributed by atoms with E-state index in [4.69, 9.17) is 4.74 Å². The van der Waals surface area contributed by atoms with Gasteiger partial charge in [-0.05, 0) is 44.2 Å². The average molecular weight is 411 g/mol. The lowest BCUT2D eigenvalue weighted by atomic mass is 10.1. The van der Waals surface area contributed by atoms with E-state index in [0.717, 1.165) is 16.9 Å². The van der Waals surface area contributed by atoms with Gasteiger partial charge in [0, 0.05) is 30.2 Å². The molecule has 0 unspecified atom stereocenters. The second-order valence-corrected chi connectivity index (χ2v) is 8.49. The van der Waals surface area contributed by atoms with Crippen molar-refractivity contribution in [2.24, 2.45) is 0 Å². The molecule has 0 amide bonds. The minimum Gasteiger partial charge on any atom is -0.495 e. The van der Waals surface area contributed by atoms with Crippen molar-refractivity contribution in [3.05, 3.63) is 61.3 Å². The highest BCUT2D eigenvalue weighted by Gasteiger charge is 2.21. The van der Waals surface area contributed by atoms with Crippen LogP contribution < -0.4 is 9.46 Å². The number of fused-ring (bicyclic) bond motifs is 1. The fraction of sp³-hybridized carbons (Fsp3) is 0.200. The minimum absolute atomic E-state index is 0.0496. The number of methoxy groups -OCH3 is 1. The van der Waals surface area contributed by atoms with Crippen LogP contribution in [0.3, 0.4) is 0 Å². The third-order valence-electron chi connectivity index (χ3n) is 4.55. The van der Waals surface area contributed by atoms with Crippen LogP contribution in [0.25, 0.3) is 16.9 Å². The van der Waals surface area contributed by atoms with Crippen molar-refractivity contribution in [1.29, 1.82) is 0 Å². The van der Waals surface area contributed by atoms with Gasteiger partial charge in [0.05, 0.1) is 24.8 Å². The van der Waals surface area contributed by atoms with Gasteiger partial charge in [-0.1, -0.05) is 6.07 Å². The molecule has 29 heavy (non-hydrogen) atoms. The Kier molecular flexibility index (Phi) is 4.75. The maximum atomic E-state index is 12.8. The summed E-state index contributed by atoms with van der Waals surface area (Å²) in [4.78, 5) is 8.61. The SMILES string of the molecule is COc1ccc(-c2cn3ccccc3n2)cc1NS(=O)(=O)c1cn(C(C)C)cn1. The van der Waals surface area contributed by atoms with Crippen LogP contribution in [0, 0.1) is 0 Å². The highest BCUT2D eigenvalue weighted by molar-refractivity contribution is 7.92. The van der Waals surface area contributed by atoms with E-state index >= 15 is 0 Å². The summed E-state index contributed by atoms with van der Waals surface area (Å²) in [5.41, 5.74) is 2.61. The summed E-state index contributed by atoms with van der Waals surface area (Å²) in [6, 6.07) is 11.1. The normalized spacial score (nSPS) is 11.9. The molecule has 3 heterocycles. The number of hydrogen-bond donors (Lipinski definition) is 1. The Labute approximate surface area is 168 Å². The minimum atomic E-state index is -3.87. The Morgan fingerprint density at radius 2 is 1.97 bits per heavy atom. The number of imidazole rings is 2. The van der Waals surface area contributed by atoms with E-state index in [-0.39, 0.29) is 11.1 Å². The van der Waals surface area contributed by atoms with E-state index in [0.29, 0.717) is 11.4 Å². The highest BCUT2D eigenvalue weighted by atomic mass is 32.2. The second-order valence-electron chi connectivity index (χ2n) is 6.87. The number of sulfonamides is 1. The first-order chi connectivity index (χ1) is 13.9. The van der Waals surface area contributed by atoms with Gasteiger partial charge in [-0.25, -0.2) is 9.97 Å². The molecule has 0 radical (unpaired) electrons. The zero-order chi connectivity index (χ0) is 20.6. The molecule has 3 aromatic heterocycles. The quantitative estimate of drug-likeness (QED) is 0.524. The Morgan fingerprint density at radius 3 is 2.66 bits per heavy atom. The first-order valence-corrected chi connectivity index (χ1v) is 10.5. The van der Waals surface area contributed by atoms with E-state index in [1.54, 1.807) is 16.7 Å². The summed E-state index contributed by atoms with van der Waals surface area (Å²) in [5.74, 6) is 0.407. The summed E-state index contributed by atoms with van der Waals surface area (Å²) in [7, 11) is -2.38. The zero-order valence-corrected chi connectivity index (χ0v) is 17.1. The van der Waals surface area contributed by atoms with Crippen LogP contribution >= 0.6 is 0 Å². The number of benzene rings is 1. The van der Waals surface area contributed by atoms with Gasteiger partial charge in [-0.15, -0.1) is 0 Å². The molecule has 0 spiro atoms. The first kappa shape index (κ1) is 19.0. The standard InChI is InChI=1S/C20H21N5O3S/c1-14(2)25-12-20(21-13-25)29(26,27)23-16-10-15(7-8-18(16)28-3)17-11-24-9-5-4-6-19(24)22-17/h4-14,23H,1-3H3. The second kappa shape index (κ2) is 7.25. The summed E-state index contributed by atoms with van der Waals surface area (Å²) in [6.07, 6.45) is 6.80. The molecule has 4 aromatic rings. The molecular weight excluding hydrogens is 390 g/mol. The maximum Gasteiger partial charge on any atom is 0.281 e. The molecule has 0 aliphatic rings. The van der Waals surface area contributed by atoms with Crippen LogP contribution in [0.1, 0.15) is 19.9 Å². The van der Waals surface area contributed by atoms with Crippen molar-refractivity contribution >= 4 is 21.4 Å². The van der Waals surface area contributed by atoms with Gasteiger partial charge < -0.3 is 13.7 Å². The molecule has 0 aliphatic heterocycles. The molecule has 0 bridgehead atoms. The lowest BCUT2D eigenvalue weighted by molar-refractivity contribution is 0.417. The lowest BCUT2D eigenvalue weighted by Gasteiger charge is -2.12. The molecule has 9 heteroatoms. The molecule has 0 fully saturated rings. The molecule has 0 saturated carbocycles. The number of aromatic nitrogens is 4. The molecule has 8 nitrogen and oxygen atoms in total. The Balaban J connectivity index is 1.71.